The van der Waals surface area contributed by atoms with E-state index in [1.807, 2.05) is 18.2 Å². The maximum atomic E-state index is 6.21. The first kappa shape index (κ1) is 32.3. The Morgan fingerprint density at radius 3 is 1.49 bits per heavy atom. The van der Waals surface area contributed by atoms with E-state index in [4.69, 9.17) is 19.4 Å². The fourth-order valence-corrected chi connectivity index (χ4v) is 10.6. The van der Waals surface area contributed by atoms with Gasteiger partial charge < -0.3 is 4.42 Å². The van der Waals surface area contributed by atoms with Crippen LogP contribution in [0.5, 0.6) is 0 Å². The van der Waals surface area contributed by atoms with Crippen LogP contribution in [0.4, 0.5) is 0 Å². The Bertz CT molecular complexity index is 3410. The largest absolute Gasteiger partial charge is 0.456 e. The van der Waals surface area contributed by atoms with Gasteiger partial charge in [0.1, 0.15) is 11.2 Å². The molecule has 4 aromatic heterocycles. The number of para-hydroxylation sites is 1. The Morgan fingerprint density at radius 1 is 0.316 bits per heavy atom. The summed E-state index contributed by atoms with van der Waals surface area (Å²) in [5.41, 5.74) is 9.28. The van der Waals surface area contributed by atoms with E-state index >= 15 is 0 Å². The Labute approximate surface area is 335 Å². The van der Waals surface area contributed by atoms with Crippen molar-refractivity contribution in [3.63, 3.8) is 0 Å². The van der Waals surface area contributed by atoms with Crippen LogP contribution >= 0.6 is 22.7 Å². The van der Waals surface area contributed by atoms with Gasteiger partial charge in [0.05, 0.1) is 0 Å². The van der Waals surface area contributed by atoms with Gasteiger partial charge in [-0.2, -0.15) is 0 Å². The number of aromatic nitrogens is 3. The van der Waals surface area contributed by atoms with E-state index in [9.17, 15) is 0 Å². The Kier molecular flexibility index (Phi) is 7.24. The molecule has 4 nitrogen and oxygen atoms in total. The average molecular weight is 764 g/mol. The SMILES string of the molecule is c1cc(-c2ccc(-c3nc(-c4cccc5sc6ccccc6c45)nc(-c4cccc5sc6ccccc6c45)n3)cc2)cc(-c2cccc3oc4ccccc4c23)c1. The molecule has 0 amide bonds. The molecular formula is C51H29N3OS2. The molecule has 12 aromatic rings. The van der Waals surface area contributed by atoms with Crippen molar-refractivity contribution in [1.29, 1.82) is 0 Å². The summed E-state index contributed by atoms with van der Waals surface area (Å²) in [6, 6.07) is 62.0. The van der Waals surface area contributed by atoms with Crippen molar-refractivity contribution in [2.24, 2.45) is 0 Å². The molecule has 0 spiro atoms. The van der Waals surface area contributed by atoms with Gasteiger partial charge in [-0.3, -0.25) is 0 Å². The molecule has 0 aliphatic carbocycles. The predicted octanol–water partition coefficient (Wildman–Crippen LogP) is 14.8. The lowest BCUT2D eigenvalue weighted by Gasteiger charge is -2.11. The van der Waals surface area contributed by atoms with E-state index in [1.54, 1.807) is 22.7 Å². The van der Waals surface area contributed by atoms with E-state index < -0.39 is 0 Å². The lowest BCUT2D eigenvalue weighted by Crippen LogP contribution is -2.00. The first-order valence-electron chi connectivity index (χ1n) is 18.9. The van der Waals surface area contributed by atoms with Gasteiger partial charge in [-0.25, -0.2) is 15.0 Å². The molecule has 0 aliphatic rings. The molecule has 57 heavy (non-hydrogen) atoms. The fraction of sp³-hybridized carbons (Fsp3) is 0. The van der Waals surface area contributed by atoms with Gasteiger partial charge in [0, 0.05) is 67.8 Å². The molecule has 0 bridgehead atoms. The zero-order valence-electron chi connectivity index (χ0n) is 30.3. The van der Waals surface area contributed by atoms with Crippen LogP contribution in [-0.4, -0.2) is 15.0 Å². The number of hydrogen-bond acceptors (Lipinski definition) is 6. The Hall–Kier alpha value is -6.99. The molecule has 12 rings (SSSR count). The molecule has 266 valence electrons. The third-order valence-corrected chi connectivity index (χ3v) is 13.2. The van der Waals surface area contributed by atoms with Gasteiger partial charge in [-0.05, 0) is 64.7 Å². The van der Waals surface area contributed by atoms with Crippen molar-refractivity contribution in [1.82, 2.24) is 15.0 Å². The van der Waals surface area contributed by atoms with E-state index in [0.717, 1.165) is 60.9 Å². The summed E-state index contributed by atoms with van der Waals surface area (Å²) in [5.74, 6) is 1.97. The molecule has 0 saturated carbocycles. The molecule has 8 aromatic carbocycles. The minimum Gasteiger partial charge on any atom is -0.456 e. The van der Waals surface area contributed by atoms with Crippen LogP contribution in [0.2, 0.25) is 0 Å². The monoisotopic (exact) mass is 763 g/mol. The van der Waals surface area contributed by atoms with Gasteiger partial charge in [-0.1, -0.05) is 133 Å². The number of fused-ring (bicyclic) bond motifs is 9. The Morgan fingerprint density at radius 2 is 0.807 bits per heavy atom. The standard InChI is InChI=1S/C51H29N3OS2/c1-4-19-40-35(13-1)46-34(16-8-20-41(46)55-40)33-12-7-11-32(29-33)30-25-27-31(28-26-30)49-52-50(38-17-9-23-44-47(38)36-14-2-5-21-42(36)56-44)54-51(53-49)39-18-10-24-45-48(39)37-15-3-6-22-43(37)57-45/h1-29H. The topological polar surface area (TPSA) is 51.8 Å². The highest BCUT2D eigenvalue weighted by Crippen LogP contribution is 2.43. The number of hydrogen-bond donors (Lipinski definition) is 0. The van der Waals surface area contributed by atoms with E-state index in [-0.39, 0.29) is 0 Å². The van der Waals surface area contributed by atoms with Crippen molar-refractivity contribution in [3.8, 4) is 56.4 Å². The van der Waals surface area contributed by atoms with Crippen LogP contribution in [-0.2, 0) is 0 Å². The number of nitrogens with zero attached hydrogens (tertiary/aromatic N) is 3. The second kappa shape index (κ2) is 12.8. The smallest absolute Gasteiger partial charge is 0.164 e. The van der Waals surface area contributed by atoms with Gasteiger partial charge >= 0.3 is 0 Å². The molecule has 6 heteroatoms. The highest BCUT2D eigenvalue weighted by atomic mass is 32.1. The Balaban J connectivity index is 1.01. The van der Waals surface area contributed by atoms with Crippen molar-refractivity contribution >= 4 is 85.0 Å². The maximum absolute atomic E-state index is 6.21. The van der Waals surface area contributed by atoms with Crippen LogP contribution in [0.3, 0.4) is 0 Å². The highest BCUT2D eigenvalue weighted by Gasteiger charge is 2.20. The van der Waals surface area contributed by atoms with Crippen molar-refractivity contribution < 1.29 is 4.42 Å². The average Bonchev–Trinajstić information content (AvgIpc) is 3.98. The third kappa shape index (κ3) is 5.22. The van der Waals surface area contributed by atoms with Gasteiger partial charge in [0.25, 0.3) is 0 Å². The van der Waals surface area contributed by atoms with Crippen LogP contribution < -0.4 is 0 Å². The highest BCUT2D eigenvalue weighted by molar-refractivity contribution is 7.26. The van der Waals surface area contributed by atoms with Crippen molar-refractivity contribution in [2.75, 3.05) is 0 Å². The van der Waals surface area contributed by atoms with Crippen LogP contribution in [0.25, 0.3) is 119 Å². The lowest BCUT2D eigenvalue weighted by molar-refractivity contribution is 0.669. The second-order valence-electron chi connectivity index (χ2n) is 14.3. The minimum atomic E-state index is 0.641. The fourth-order valence-electron chi connectivity index (χ4n) is 8.36. The summed E-state index contributed by atoms with van der Waals surface area (Å²) in [6.07, 6.45) is 0. The van der Waals surface area contributed by atoms with Crippen molar-refractivity contribution in [2.45, 2.75) is 0 Å². The normalized spacial score (nSPS) is 11.9. The summed E-state index contributed by atoms with van der Waals surface area (Å²) in [6.45, 7) is 0. The van der Waals surface area contributed by atoms with E-state index in [2.05, 4.69) is 158 Å². The summed E-state index contributed by atoms with van der Waals surface area (Å²) in [7, 11) is 0. The van der Waals surface area contributed by atoms with Gasteiger partial charge in [0.15, 0.2) is 17.5 Å². The number of rotatable bonds is 5. The molecular weight excluding hydrogens is 735 g/mol. The second-order valence-corrected chi connectivity index (χ2v) is 16.5. The first-order valence-corrected chi connectivity index (χ1v) is 20.6. The molecule has 0 atom stereocenters. The molecule has 0 unspecified atom stereocenters. The molecule has 0 N–H and O–H groups in total. The van der Waals surface area contributed by atoms with E-state index in [0.29, 0.717) is 17.5 Å². The summed E-state index contributed by atoms with van der Waals surface area (Å²) < 4.78 is 11.1. The van der Waals surface area contributed by atoms with Crippen LogP contribution in [0.15, 0.2) is 180 Å². The summed E-state index contributed by atoms with van der Waals surface area (Å²) >= 11 is 3.60. The van der Waals surface area contributed by atoms with Gasteiger partial charge in [-0.15, -0.1) is 22.7 Å². The number of thiophene rings is 2. The molecule has 0 aliphatic heterocycles. The molecule has 4 heterocycles. The lowest BCUT2D eigenvalue weighted by atomic mass is 9.95. The zero-order valence-corrected chi connectivity index (χ0v) is 31.9. The van der Waals surface area contributed by atoms with Crippen LogP contribution in [0.1, 0.15) is 0 Å². The maximum Gasteiger partial charge on any atom is 0.164 e. The first-order chi connectivity index (χ1) is 28.2. The zero-order chi connectivity index (χ0) is 37.5. The predicted molar refractivity (Wildman–Crippen MR) is 240 cm³/mol. The summed E-state index contributed by atoms with van der Waals surface area (Å²) in [5, 5.41) is 7.04. The molecule has 0 saturated heterocycles. The third-order valence-electron chi connectivity index (χ3n) is 11.0. The van der Waals surface area contributed by atoms with Gasteiger partial charge in [0.2, 0.25) is 0 Å². The minimum absolute atomic E-state index is 0.641. The molecule has 0 fully saturated rings. The summed E-state index contributed by atoms with van der Waals surface area (Å²) in [4.78, 5) is 15.8. The molecule has 0 radical (unpaired) electrons. The number of benzene rings is 8. The quantitative estimate of drug-likeness (QED) is 0.175. The number of furan rings is 1. The van der Waals surface area contributed by atoms with E-state index in [1.165, 1.54) is 40.3 Å². The van der Waals surface area contributed by atoms with Crippen molar-refractivity contribution in [3.05, 3.63) is 176 Å². The van der Waals surface area contributed by atoms with Crippen LogP contribution in [0, 0.1) is 0 Å².